The average Bonchev–Trinajstić information content (AvgIpc) is 3.30. The Hall–Kier alpha value is -2.50. The van der Waals surface area contributed by atoms with Crippen LogP contribution in [0.4, 0.5) is 0 Å². The molecule has 1 heterocycles. The zero-order valence-electron chi connectivity index (χ0n) is 15.7. The quantitative estimate of drug-likeness (QED) is 0.592. The number of rotatable bonds is 7. The van der Waals surface area contributed by atoms with Crippen molar-refractivity contribution in [2.24, 2.45) is 12.0 Å². The third-order valence-corrected chi connectivity index (χ3v) is 4.68. The fourth-order valence-corrected chi connectivity index (χ4v) is 3.19. The summed E-state index contributed by atoms with van der Waals surface area (Å²) in [6.45, 7) is 4.15. The van der Waals surface area contributed by atoms with Crippen LogP contribution in [0.2, 0.25) is 0 Å². The Balaban J connectivity index is 1.64. The lowest BCUT2D eigenvalue weighted by molar-refractivity contribution is 0.208. The molecular formula is C20H29N5O. The van der Waals surface area contributed by atoms with Gasteiger partial charge in [0.25, 0.3) is 0 Å². The van der Waals surface area contributed by atoms with Gasteiger partial charge in [0, 0.05) is 25.4 Å². The fourth-order valence-electron chi connectivity index (χ4n) is 3.19. The summed E-state index contributed by atoms with van der Waals surface area (Å²) in [4.78, 5) is 4.73. The van der Waals surface area contributed by atoms with Crippen LogP contribution in [0.15, 0.2) is 41.5 Å². The molecule has 1 aliphatic carbocycles. The van der Waals surface area contributed by atoms with E-state index in [-0.39, 0.29) is 0 Å². The molecule has 1 fully saturated rings. The zero-order valence-corrected chi connectivity index (χ0v) is 15.7. The second kappa shape index (κ2) is 9.27. The molecule has 0 radical (unpaired) electrons. The molecular weight excluding hydrogens is 326 g/mol. The van der Waals surface area contributed by atoms with Crippen LogP contribution in [0.5, 0.6) is 5.75 Å². The Morgan fingerprint density at radius 3 is 2.77 bits per heavy atom. The molecule has 2 N–H and O–H groups in total. The minimum absolute atomic E-state index is 0.358. The number of ether oxygens (including phenoxy) is 1. The Morgan fingerprint density at radius 1 is 1.23 bits per heavy atom. The normalized spacial score (nSPS) is 15.2. The van der Waals surface area contributed by atoms with Crippen LogP contribution in [-0.4, -0.2) is 28.4 Å². The molecule has 1 aliphatic rings. The number of aliphatic imine (C=N–C) groups is 1. The highest BCUT2D eigenvalue weighted by Crippen LogP contribution is 2.27. The van der Waals surface area contributed by atoms with E-state index in [2.05, 4.69) is 34.8 Å². The van der Waals surface area contributed by atoms with Crippen molar-refractivity contribution in [2.75, 3.05) is 6.54 Å². The Morgan fingerprint density at radius 2 is 2.04 bits per heavy atom. The van der Waals surface area contributed by atoms with Crippen molar-refractivity contribution >= 4 is 5.96 Å². The van der Waals surface area contributed by atoms with Crippen molar-refractivity contribution in [3.63, 3.8) is 0 Å². The molecule has 0 atom stereocenters. The average molecular weight is 355 g/mol. The van der Waals surface area contributed by atoms with Gasteiger partial charge >= 0.3 is 0 Å². The maximum atomic E-state index is 6.21. The van der Waals surface area contributed by atoms with E-state index in [1.54, 1.807) is 6.20 Å². The number of nitrogens with one attached hydrogen (secondary N) is 2. The van der Waals surface area contributed by atoms with Gasteiger partial charge in [0.1, 0.15) is 5.75 Å². The van der Waals surface area contributed by atoms with Crippen molar-refractivity contribution in [3.8, 4) is 5.75 Å². The summed E-state index contributed by atoms with van der Waals surface area (Å²) in [7, 11) is 1.94. The summed E-state index contributed by atoms with van der Waals surface area (Å²) in [6, 6.07) is 10.2. The van der Waals surface area contributed by atoms with E-state index >= 15 is 0 Å². The van der Waals surface area contributed by atoms with Crippen LogP contribution < -0.4 is 15.4 Å². The van der Waals surface area contributed by atoms with Crippen molar-refractivity contribution in [1.82, 2.24) is 20.4 Å². The molecule has 6 heteroatoms. The van der Waals surface area contributed by atoms with E-state index < -0.39 is 0 Å². The molecule has 1 aromatic carbocycles. The van der Waals surface area contributed by atoms with Gasteiger partial charge in [0.2, 0.25) is 0 Å². The lowest BCUT2D eigenvalue weighted by atomic mass is 10.2. The van der Waals surface area contributed by atoms with Gasteiger partial charge in [-0.1, -0.05) is 18.2 Å². The molecule has 2 aromatic rings. The number of para-hydroxylation sites is 1. The molecule has 3 rings (SSSR count). The van der Waals surface area contributed by atoms with E-state index in [1.807, 2.05) is 29.9 Å². The summed E-state index contributed by atoms with van der Waals surface area (Å²) in [5.74, 6) is 1.76. The maximum absolute atomic E-state index is 6.21. The van der Waals surface area contributed by atoms with Crippen molar-refractivity contribution in [2.45, 2.75) is 51.8 Å². The monoisotopic (exact) mass is 355 g/mol. The lowest BCUT2D eigenvalue weighted by Crippen LogP contribution is -2.37. The Labute approximate surface area is 155 Å². The summed E-state index contributed by atoms with van der Waals surface area (Å²) in [6.07, 6.45) is 7.02. The molecule has 1 aromatic heterocycles. The van der Waals surface area contributed by atoms with E-state index in [9.17, 15) is 0 Å². The van der Waals surface area contributed by atoms with Crippen LogP contribution >= 0.6 is 0 Å². The van der Waals surface area contributed by atoms with E-state index in [0.717, 1.165) is 42.4 Å². The first-order valence-corrected chi connectivity index (χ1v) is 9.50. The minimum atomic E-state index is 0.358. The predicted octanol–water partition coefficient (Wildman–Crippen LogP) is 3.00. The molecule has 1 saturated carbocycles. The highest BCUT2D eigenvalue weighted by atomic mass is 16.5. The van der Waals surface area contributed by atoms with Crippen LogP contribution in [0.25, 0.3) is 0 Å². The number of aryl methyl sites for hydroxylation is 1. The molecule has 0 aliphatic heterocycles. The lowest BCUT2D eigenvalue weighted by Gasteiger charge is -2.16. The number of guanidine groups is 1. The maximum Gasteiger partial charge on any atom is 0.191 e. The largest absolute Gasteiger partial charge is 0.490 e. The summed E-state index contributed by atoms with van der Waals surface area (Å²) < 4.78 is 8.07. The molecule has 0 spiro atoms. The summed E-state index contributed by atoms with van der Waals surface area (Å²) in [5.41, 5.74) is 2.23. The number of hydrogen-bond acceptors (Lipinski definition) is 3. The molecule has 6 nitrogen and oxygen atoms in total. The second-order valence-electron chi connectivity index (χ2n) is 6.63. The first-order valence-electron chi connectivity index (χ1n) is 9.50. The minimum Gasteiger partial charge on any atom is -0.490 e. The van der Waals surface area contributed by atoms with Gasteiger partial charge in [-0.05, 0) is 44.7 Å². The van der Waals surface area contributed by atoms with Gasteiger partial charge in [0.05, 0.1) is 24.9 Å². The Kier molecular flexibility index (Phi) is 6.52. The topological polar surface area (TPSA) is 63.5 Å². The zero-order chi connectivity index (χ0) is 18.2. The van der Waals surface area contributed by atoms with Crippen LogP contribution in [0, 0.1) is 0 Å². The molecule has 0 bridgehead atoms. The first kappa shape index (κ1) is 18.3. The van der Waals surface area contributed by atoms with Gasteiger partial charge in [-0.3, -0.25) is 4.68 Å². The third-order valence-electron chi connectivity index (χ3n) is 4.68. The third kappa shape index (κ3) is 5.00. The van der Waals surface area contributed by atoms with Crippen molar-refractivity contribution in [1.29, 1.82) is 0 Å². The number of aromatic nitrogens is 2. The SMILES string of the molecule is CCNC(=NCc1ccccc1OC1CCCC1)NCc1ccnn1C. The number of hydrogen-bond donors (Lipinski definition) is 2. The summed E-state index contributed by atoms with van der Waals surface area (Å²) in [5, 5.41) is 10.9. The summed E-state index contributed by atoms with van der Waals surface area (Å²) >= 11 is 0. The van der Waals surface area contributed by atoms with Crippen LogP contribution in [0.1, 0.15) is 43.9 Å². The number of nitrogens with zero attached hydrogens (tertiary/aromatic N) is 3. The molecule has 0 saturated heterocycles. The van der Waals surface area contributed by atoms with E-state index in [4.69, 9.17) is 9.73 Å². The van der Waals surface area contributed by atoms with Gasteiger partial charge in [0.15, 0.2) is 5.96 Å². The van der Waals surface area contributed by atoms with E-state index in [0.29, 0.717) is 19.2 Å². The fraction of sp³-hybridized carbons (Fsp3) is 0.500. The van der Waals surface area contributed by atoms with Gasteiger partial charge in [-0.2, -0.15) is 5.10 Å². The molecule has 26 heavy (non-hydrogen) atoms. The van der Waals surface area contributed by atoms with Gasteiger partial charge < -0.3 is 15.4 Å². The highest BCUT2D eigenvalue weighted by molar-refractivity contribution is 5.79. The van der Waals surface area contributed by atoms with E-state index in [1.165, 1.54) is 12.8 Å². The highest BCUT2D eigenvalue weighted by Gasteiger charge is 2.17. The molecule has 0 unspecified atom stereocenters. The van der Waals surface area contributed by atoms with Crippen LogP contribution in [0.3, 0.4) is 0 Å². The predicted molar refractivity (Wildman–Crippen MR) is 104 cm³/mol. The molecule has 140 valence electrons. The number of benzene rings is 1. The standard InChI is InChI=1S/C20H29N5O/c1-3-21-20(23-15-17-12-13-24-25(17)2)22-14-16-8-4-7-11-19(16)26-18-9-5-6-10-18/h4,7-8,11-13,18H,3,5-6,9-10,14-15H2,1-2H3,(H2,21,22,23). The second-order valence-corrected chi connectivity index (χ2v) is 6.63. The van der Waals surface area contributed by atoms with Gasteiger partial charge in [-0.25, -0.2) is 4.99 Å². The smallest absolute Gasteiger partial charge is 0.191 e. The van der Waals surface area contributed by atoms with Crippen LogP contribution in [-0.2, 0) is 20.1 Å². The Bertz CT molecular complexity index is 718. The van der Waals surface area contributed by atoms with Gasteiger partial charge in [-0.15, -0.1) is 0 Å². The molecule has 0 amide bonds. The first-order chi connectivity index (χ1) is 12.8. The van der Waals surface area contributed by atoms with Crippen molar-refractivity contribution in [3.05, 3.63) is 47.8 Å². The van der Waals surface area contributed by atoms with Crippen molar-refractivity contribution < 1.29 is 4.74 Å².